The molecule has 8 heteroatoms. The molecule has 45 heavy (non-hydrogen) atoms. The Labute approximate surface area is 265 Å². The third-order valence-corrected chi connectivity index (χ3v) is 9.87. The van der Waals surface area contributed by atoms with Gasteiger partial charge in [-0.3, -0.25) is 10.1 Å². The third-order valence-electron chi connectivity index (χ3n) is 8.18. The summed E-state index contributed by atoms with van der Waals surface area (Å²) in [6, 6.07) is 37.9. The summed E-state index contributed by atoms with van der Waals surface area (Å²) in [4.78, 5) is 10.5. The molecule has 7 nitrogen and oxygen atoms in total. The van der Waals surface area contributed by atoms with Crippen molar-refractivity contribution < 1.29 is 18.1 Å². The van der Waals surface area contributed by atoms with Crippen molar-refractivity contribution in [2.45, 2.75) is 48.7 Å². The van der Waals surface area contributed by atoms with E-state index in [4.69, 9.17) is 4.74 Å². The van der Waals surface area contributed by atoms with Gasteiger partial charge in [0.05, 0.1) is 16.4 Å². The van der Waals surface area contributed by atoms with Gasteiger partial charge >= 0.3 is 0 Å². The number of sulfonamides is 1. The first-order chi connectivity index (χ1) is 21.9. The van der Waals surface area contributed by atoms with Crippen LogP contribution >= 0.6 is 0 Å². The summed E-state index contributed by atoms with van der Waals surface area (Å²) in [5.74, 6) is 3.34. The van der Waals surface area contributed by atoms with Gasteiger partial charge < -0.3 is 4.74 Å². The molecule has 5 rings (SSSR count). The van der Waals surface area contributed by atoms with Crippen LogP contribution in [0, 0.1) is 28.0 Å². The van der Waals surface area contributed by atoms with Crippen molar-refractivity contribution in [2.75, 3.05) is 6.54 Å². The minimum atomic E-state index is -4.12. The summed E-state index contributed by atoms with van der Waals surface area (Å²) < 4.78 is 35.8. The lowest BCUT2D eigenvalue weighted by molar-refractivity contribution is -0.384. The Morgan fingerprint density at radius 1 is 0.844 bits per heavy atom. The standard InChI is InChI=1S/C37H36N2O5S/c1-2-28-38(45(42,43)35-25-23-34(24-26-35)39(40)41)29-27-36(30-15-7-3-8-16-30)44-37(31-17-9-4-10-18-31,32-19-11-5-12-20-32)33-21-13-6-14-22-33/h2,4-6,9-14,17-26,30,36H,1,3,7-8,15-16,28H2. The molecule has 1 fully saturated rings. The summed E-state index contributed by atoms with van der Waals surface area (Å²) in [7, 11) is -4.12. The van der Waals surface area contributed by atoms with Crippen LogP contribution in [-0.2, 0) is 20.4 Å². The number of ether oxygens (including phenoxy) is 1. The molecule has 0 aliphatic heterocycles. The van der Waals surface area contributed by atoms with Gasteiger partial charge in [-0.15, -0.1) is 6.58 Å². The summed E-state index contributed by atoms with van der Waals surface area (Å²) in [5.41, 5.74) is 1.59. The van der Waals surface area contributed by atoms with Gasteiger partial charge in [0.1, 0.15) is 11.7 Å². The molecule has 1 aliphatic rings. The lowest BCUT2D eigenvalue weighted by atomic mass is 9.78. The van der Waals surface area contributed by atoms with Crippen LogP contribution in [0.2, 0.25) is 0 Å². The van der Waals surface area contributed by atoms with E-state index in [2.05, 4.69) is 54.9 Å². The Hall–Kier alpha value is -4.71. The van der Waals surface area contributed by atoms with Gasteiger partial charge in [0.15, 0.2) is 0 Å². The fourth-order valence-corrected chi connectivity index (χ4v) is 7.13. The smallest absolute Gasteiger partial charge is 0.271 e. The van der Waals surface area contributed by atoms with Crippen LogP contribution in [0.4, 0.5) is 5.69 Å². The molecule has 0 saturated heterocycles. The number of nitro benzene ring substituents is 1. The van der Waals surface area contributed by atoms with E-state index in [1.54, 1.807) is 0 Å². The van der Waals surface area contributed by atoms with Crippen molar-refractivity contribution in [1.29, 1.82) is 0 Å². The van der Waals surface area contributed by atoms with Gasteiger partial charge in [0, 0.05) is 18.2 Å². The van der Waals surface area contributed by atoms with Crippen molar-refractivity contribution in [3.05, 3.63) is 155 Å². The molecule has 0 spiro atoms. The maximum absolute atomic E-state index is 13.7. The molecule has 4 aromatic carbocycles. The fourth-order valence-electron chi connectivity index (χ4n) is 5.92. The first-order valence-electron chi connectivity index (χ1n) is 15.1. The highest BCUT2D eigenvalue weighted by molar-refractivity contribution is 7.89. The highest BCUT2D eigenvalue weighted by Crippen LogP contribution is 2.43. The van der Waals surface area contributed by atoms with Crippen molar-refractivity contribution in [2.24, 2.45) is 5.92 Å². The van der Waals surface area contributed by atoms with Gasteiger partial charge in [-0.2, -0.15) is 0 Å². The van der Waals surface area contributed by atoms with E-state index in [1.165, 1.54) is 30.3 Å². The lowest BCUT2D eigenvalue weighted by Crippen LogP contribution is -2.40. The summed E-state index contributed by atoms with van der Waals surface area (Å²) in [6.07, 6.45) is 5.88. The van der Waals surface area contributed by atoms with Gasteiger partial charge in [-0.05, 0) is 53.5 Å². The number of rotatable bonds is 11. The van der Waals surface area contributed by atoms with Crippen LogP contribution in [0.5, 0.6) is 0 Å². The molecule has 0 heterocycles. The van der Waals surface area contributed by atoms with Gasteiger partial charge in [-0.25, -0.2) is 12.7 Å². The summed E-state index contributed by atoms with van der Waals surface area (Å²) in [5, 5.41) is 11.1. The molecule has 0 radical (unpaired) electrons. The van der Waals surface area contributed by atoms with Crippen LogP contribution in [0.1, 0.15) is 48.8 Å². The Kier molecular flexibility index (Phi) is 10.1. The molecule has 1 aliphatic carbocycles. The number of non-ortho nitro benzene ring substituents is 1. The molecule has 230 valence electrons. The zero-order valence-electron chi connectivity index (χ0n) is 25.0. The molecule has 1 saturated carbocycles. The molecular formula is C37H36N2O5S. The van der Waals surface area contributed by atoms with Crippen molar-refractivity contribution in [3.8, 4) is 12.0 Å². The topological polar surface area (TPSA) is 89.8 Å². The predicted octanol–water partition coefficient (Wildman–Crippen LogP) is 7.69. The van der Waals surface area contributed by atoms with Crippen LogP contribution < -0.4 is 0 Å². The minimum absolute atomic E-state index is 0.0646. The van der Waals surface area contributed by atoms with Crippen molar-refractivity contribution in [1.82, 2.24) is 4.31 Å². The van der Waals surface area contributed by atoms with E-state index in [0.717, 1.165) is 53.1 Å². The molecular weight excluding hydrogens is 584 g/mol. The first-order valence-corrected chi connectivity index (χ1v) is 16.5. The predicted molar refractivity (Wildman–Crippen MR) is 176 cm³/mol. The average molecular weight is 621 g/mol. The van der Waals surface area contributed by atoms with E-state index < -0.39 is 26.7 Å². The maximum Gasteiger partial charge on any atom is 0.271 e. The second-order valence-corrected chi connectivity index (χ2v) is 12.9. The minimum Gasteiger partial charge on any atom is -0.345 e. The highest BCUT2D eigenvalue weighted by Gasteiger charge is 2.41. The number of nitrogens with zero attached hydrogens (tertiary/aromatic N) is 2. The largest absolute Gasteiger partial charge is 0.345 e. The number of nitro groups is 1. The van der Waals surface area contributed by atoms with Crippen LogP contribution in [0.3, 0.4) is 0 Å². The first kappa shape index (κ1) is 31.7. The molecule has 0 amide bonds. The average Bonchev–Trinajstić information content (AvgIpc) is 3.09. The van der Waals surface area contributed by atoms with E-state index in [0.29, 0.717) is 0 Å². The zero-order chi connectivity index (χ0) is 31.7. The second kappa shape index (κ2) is 14.4. The Bertz CT molecular complexity index is 1650. The number of hydrogen-bond acceptors (Lipinski definition) is 5. The Morgan fingerprint density at radius 3 is 1.78 bits per heavy atom. The SMILES string of the molecule is C=CCN(C#CC(OC(c1ccccc1)(c1ccccc1)c1ccccc1)C1CCCCC1)S(=O)(=O)c1ccc([N+](=O)[O-])cc1. The number of hydrogen-bond donors (Lipinski definition) is 0. The van der Waals surface area contributed by atoms with Gasteiger partial charge in [-0.1, -0.05) is 116 Å². The molecule has 4 aromatic rings. The molecule has 1 unspecified atom stereocenters. The van der Waals surface area contributed by atoms with Crippen LogP contribution in [-0.4, -0.2) is 30.3 Å². The maximum atomic E-state index is 13.7. The zero-order valence-corrected chi connectivity index (χ0v) is 25.8. The van der Waals surface area contributed by atoms with Gasteiger partial charge in [0.2, 0.25) is 0 Å². The van der Waals surface area contributed by atoms with Crippen molar-refractivity contribution >= 4 is 15.7 Å². The number of benzene rings is 4. The second-order valence-electron chi connectivity index (χ2n) is 11.0. The highest BCUT2D eigenvalue weighted by atomic mass is 32.2. The summed E-state index contributed by atoms with van der Waals surface area (Å²) in [6.45, 7) is 3.68. The molecule has 0 aromatic heterocycles. The van der Waals surface area contributed by atoms with Crippen molar-refractivity contribution in [3.63, 3.8) is 0 Å². The van der Waals surface area contributed by atoms with Gasteiger partial charge in [0.25, 0.3) is 15.7 Å². The van der Waals surface area contributed by atoms with Crippen LogP contribution in [0.15, 0.2) is 133 Å². The Balaban J connectivity index is 1.64. The lowest BCUT2D eigenvalue weighted by Gasteiger charge is -2.40. The Morgan fingerprint density at radius 2 is 1.33 bits per heavy atom. The van der Waals surface area contributed by atoms with Crippen LogP contribution in [0.25, 0.3) is 0 Å². The molecule has 0 N–H and O–H groups in total. The van der Waals surface area contributed by atoms with E-state index in [1.807, 2.05) is 54.6 Å². The van der Waals surface area contributed by atoms with E-state index >= 15 is 0 Å². The molecule has 0 bridgehead atoms. The monoisotopic (exact) mass is 620 g/mol. The normalized spacial score (nSPS) is 14.5. The quantitative estimate of drug-likeness (QED) is 0.0428. The molecule has 1 atom stereocenters. The fraction of sp³-hybridized carbons (Fsp3) is 0.243. The van der Waals surface area contributed by atoms with E-state index in [-0.39, 0.29) is 23.0 Å². The third kappa shape index (κ3) is 7.01. The van der Waals surface area contributed by atoms with E-state index in [9.17, 15) is 18.5 Å². The summed E-state index contributed by atoms with van der Waals surface area (Å²) >= 11 is 0.